The van der Waals surface area contributed by atoms with Gasteiger partial charge in [-0.15, -0.1) is 0 Å². The quantitative estimate of drug-likeness (QED) is 0.612. The van der Waals surface area contributed by atoms with Gasteiger partial charge in [0.15, 0.2) is 0 Å². The van der Waals surface area contributed by atoms with E-state index in [1.165, 1.54) is 18.3 Å². The molecule has 0 aliphatic carbocycles. The standard InChI is InChI=1S/C18H27N3O5/c1-17(2,3)25-15(23)12-7-8-19-13(11-12)14(22)20-9-10-21-16(24)26-18(4,5)6/h7-8,11H,9-10H2,1-6H3,(H,20,22)(H,21,24). The number of rotatable bonds is 5. The van der Waals surface area contributed by atoms with Gasteiger partial charge in [0.1, 0.15) is 16.9 Å². The molecule has 1 aromatic rings. The number of hydrogen-bond acceptors (Lipinski definition) is 6. The van der Waals surface area contributed by atoms with Crippen LogP contribution in [0.3, 0.4) is 0 Å². The summed E-state index contributed by atoms with van der Waals surface area (Å²) < 4.78 is 10.3. The second-order valence-corrected chi connectivity index (χ2v) is 7.62. The fourth-order valence-electron chi connectivity index (χ4n) is 1.76. The first kappa shape index (κ1) is 21.4. The van der Waals surface area contributed by atoms with E-state index in [0.29, 0.717) is 0 Å². The number of esters is 1. The Morgan fingerprint density at radius 1 is 0.962 bits per heavy atom. The Morgan fingerprint density at radius 2 is 1.54 bits per heavy atom. The van der Waals surface area contributed by atoms with Crippen LogP contribution in [-0.2, 0) is 9.47 Å². The van der Waals surface area contributed by atoms with Crippen LogP contribution in [0.15, 0.2) is 18.3 Å². The average molecular weight is 365 g/mol. The van der Waals surface area contributed by atoms with E-state index in [1.807, 2.05) is 0 Å². The fourth-order valence-corrected chi connectivity index (χ4v) is 1.76. The Labute approximate surface area is 153 Å². The fraction of sp³-hybridized carbons (Fsp3) is 0.556. The number of hydrogen-bond donors (Lipinski definition) is 2. The van der Waals surface area contributed by atoms with Crippen LogP contribution in [0.1, 0.15) is 62.4 Å². The van der Waals surface area contributed by atoms with Crippen molar-refractivity contribution in [2.24, 2.45) is 0 Å². The summed E-state index contributed by atoms with van der Waals surface area (Å²) >= 11 is 0. The minimum atomic E-state index is -0.629. The van der Waals surface area contributed by atoms with Gasteiger partial charge in [-0.2, -0.15) is 0 Å². The van der Waals surface area contributed by atoms with Crippen LogP contribution in [-0.4, -0.2) is 47.2 Å². The lowest BCUT2D eigenvalue weighted by Crippen LogP contribution is -2.38. The smallest absolute Gasteiger partial charge is 0.407 e. The molecule has 0 aliphatic heterocycles. The molecule has 0 saturated carbocycles. The lowest BCUT2D eigenvalue weighted by atomic mass is 10.1. The van der Waals surface area contributed by atoms with E-state index >= 15 is 0 Å². The Balaban J connectivity index is 2.52. The summed E-state index contributed by atoms with van der Waals surface area (Å²) in [6, 6.07) is 2.85. The van der Waals surface area contributed by atoms with Crippen molar-refractivity contribution in [2.75, 3.05) is 13.1 Å². The summed E-state index contributed by atoms with van der Waals surface area (Å²) in [6.45, 7) is 11.0. The molecule has 0 bridgehead atoms. The van der Waals surface area contributed by atoms with E-state index < -0.39 is 29.2 Å². The van der Waals surface area contributed by atoms with Gasteiger partial charge in [-0.25, -0.2) is 9.59 Å². The van der Waals surface area contributed by atoms with Crippen molar-refractivity contribution in [3.8, 4) is 0 Å². The summed E-state index contributed by atoms with van der Waals surface area (Å²) in [5.41, 5.74) is -0.882. The lowest BCUT2D eigenvalue weighted by Gasteiger charge is -2.19. The van der Waals surface area contributed by atoms with E-state index in [9.17, 15) is 14.4 Å². The molecule has 0 unspecified atom stereocenters. The summed E-state index contributed by atoms with van der Waals surface area (Å²) in [4.78, 5) is 39.6. The van der Waals surface area contributed by atoms with Crippen molar-refractivity contribution in [1.29, 1.82) is 0 Å². The van der Waals surface area contributed by atoms with Gasteiger partial charge in [-0.05, 0) is 53.7 Å². The first-order valence-electron chi connectivity index (χ1n) is 8.32. The van der Waals surface area contributed by atoms with Crippen LogP contribution < -0.4 is 10.6 Å². The van der Waals surface area contributed by atoms with Gasteiger partial charge in [0.05, 0.1) is 5.56 Å². The molecule has 0 saturated heterocycles. The molecule has 2 amide bonds. The van der Waals surface area contributed by atoms with E-state index in [-0.39, 0.29) is 24.3 Å². The average Bonchev–Trinajstić information content (AvgIpc) is 2.48. The lowest BCUT2D eigenvalue weighted by molar-refractivity contribution is 0.00690. The molecule has 144 valence electrons. The monoisotopic (exact) mass is 365 g/mol. The first-order valence-corrected chi connectivity index (χ1v) is 8.32. The second-order valence-electron chi connectivity index (χ2n) is 7.62. The summed E-state index contributed by atoms with van der Waals surface area (Å²) in [6.07, 6.45) is 0.810. The van der Waals surface area contributed by atoms with Gasteiger partial charge in [-0.1, -0.05) is 0 Å². The van der Waals surface area contributed by atoms with Gasteiger partial charge in [0.25, 0.3) is 5.91 Å². The molecule has 8 heteroatoms. The van der Waals surface area contributed by atoms with E-state index in [4.69, 9.17) is 9.47 Å². The minimum absolute atomic E-state index is 0.0885. The Kier molecular flexibility index (Phi) is 7.11. The van der Waals surface area contributed by atoms with Crippen LogP contribution in [0.25, 0.3) is 0 Å². The molecule has 0 aliphatic rings. The van der Waals surface area contributed by atoms with Crippen LogP contribution in [0.5, 0.6) is 0 Å². The number of aromatic nitrogens is 1. The van der Waals surface area contributed by atoms with E-state index in [0.717, 1.165) is 0 Å². The maximum atomic E-state index is 12.1. The predicted octanol–water partition coefficient (Wildman–Crippen LogP) is 2.29. The predicted molar refractivity (Wildman–Crippen MR) is 96.0 cm³/mol. The highest BCUT2D eigenvalue weighted by Gasteiger charge is 2.19. The normalized spacial score (nSPS) is 11.5. The van der Waals surface area contributed by atoms with Crippen molar-refractivity contribution < 1.29 is 23.9 Å². The number of carbonyl (C=O) groups excluding carboxylic acids is 3. The van der Waals surface area contributed by atoms with Crippen molar-refractivity contribution >= 4 is 18.0 Å². The number of alkyl carbamates (subject to hydrolysis) is 1. The molecule has 2 N–H and O–H groups in total. The van der Waals surface area contributed by atoms with Crippen molar-refractivity contribution in [2.45, 2.75) is 52.7 Å². The number of amides is 2. The number of nitrogens with zero attached hydrogens (tertiary/aromatic N) is 1. The maximum Gasteiger partial charge on any atom is 0.407 e. The minimum Gasteiger partial charge on any atom is -0.456 e. The third-order valence-corrected chi connectivity index (χ3v) is 2.71. The highest BCUT2D eigenvalue weighted by Crippen LogP contribution is 2.12. The van der Waals surface area contributed by atoms with Gasteiger partial charge in [0.2, 0.25) is 0 Å². The molecule has 1 heterocycles. The molecule has 8 nitrogen and oxygen atoms in total. The highest BCUT2D eigenvalue weighted by atomic mass is 16.6. The van der Waals surface area contributed by atoms with Gasteiger partial charge in [0, 0.05) is 19.3 Å². The number of carbonyl (C=O) groups is 3. The molecule has 1 rings (SSSR count). The zero-order chi connectivity index (χ0) is 20.0. The number of ether oxygens (including phenoxy) is 2. The molecule has 0 radical (unpaired) electrons. The number of nitrogens with one attached hydrogen (secondary N) is 2. The zero-order valence-corrected chi connectivity index (χ0v) is 16.1. The summed E-state index contributed by atoms with van der Waals surface area (Å²) in [5, 5.41) is 5.14. The second kappa shape index (κ2) is 8.64. The molecule has 0 aromatic carbocycles. The Bertz CT molecular complexity index is 660. The maximum absolute atomic E-state index is 12.1. The van der Waals surface area contributed by atoms with Crippen LogP contribution in [0.4, 0.5) is 4.79 Å². The van der Waals surface area contributed by atoms with Gasteiger partial charge >= 0.3 is 12.1 Å². The first-order chi connectivity index (χ1) is 11.9. The van der Waals surface area contributed by atoms with Crippen molar-refractivity contribution in [3.63, 3.8) is 0 Å². The SMILES string of the molecule is CC(C)(C)OC(=O)NCCNC(=O)c1cc(C(=O)OC(C)(C)C)ccn1. The molecule has 0 fully saturated rings. The van der Waals surface area contributed by atoms with Crippen molar-refractivity contribution in [3.05, 3.63) is 29.6 Å². The van der Waals surface area contributed by atoms with Crippen molar-refractivity contribution in [1.82, 2.24) is 15.6 Å². The third kappa shape index (κ3) is 8.46. The molecule has 0 spiro atoms. The largest absolute Gasteiger partial charge is 0.456 e. The molecule has 0 atom stereocenters. The van der Waals surface area contributed by atoms with E-state index in [2.05, 4.69) is 15.6 Å². The topological polar surface area (TPSA) is 107 Å². The molecule has 1 aromatic heterocycles. The van der Waals surface area contributed by atoms with Gasteiger partial charge in [-0.3, -0.25) is 9.78 Å². The highest BCUT2D eigenvalue weighted by molar-refractivity contribution is 5.96. The van der Waals surface area contributed by atoms with Gasteiger partial charge < -0.3 is 20.1 Å². The summed E-state index contributed by atoms with van der Waals surface area (Å²) in [5.74, 6) is -0.984. The molecular formula is C18H27N3O5. The van der Waals surface area contributed by atoms with E-state index in [1.54, 1.807) is 41.5 Å². The van der Waals surface area contributed by atoms with Crippen LogP contribution >= 0.6 is 0 Å². The molecular weight excluding hydrogens is 338 g/mol. The molecule has 26 heavy (non-hydrogen) atoms. The Morgan fingerprint density at radius 3 is 2.12 bits per heavy atom. The zero-order valence-electron chi connectivity index (χ0n) is 16.1. The Hall–Kier alpha value is -2.64. The summed E-state index contributed by atoms with van der Waals surface area (Å²) in [7, 11) is 0. The third-order valence-electron chi connectivity index (χ3n) is 2.71. The number of pyridine rings is 1. The van der Waals surface area contributed by atoms with Crippen LogP contribution in [0, 0.1) is 0 Å². The van der Waals surface area contributed by atoms with Crippen LogP contribution in [0.2, 0.25) is 0 Å².